The van der Waals surface area contributed by atoms with Crippen molar-refractivity contribution in [1.82, 2.24) is 0 Å². The first kappa shape index (κ1) is 23.1. The van der Waals surface area contributed by atoms with Gasteiger partial charge in [-0.15, -0.1) is 0 Å². The van der Waals surface area contributed by atoms with Crippen molar-refractivity contribution in [2.45, 2.75) is 4.90 Å². The molecule has 0 saturated heterocycles. The molecule has 0 aliphatic carbocycles. The molecule has 9 heteroatoms. The van der Waals surface area contributed by atoms with E-state index in [2.05, 4.69) is 4.72 Å². The van der Waals surface area contributed by atoms with Gasteiger partial charge in [-0.05, 0) is 47.5 Å². The van der Waals surface area contributed by atoms with E-state index in [0.717, 1.165) is 17.7 Å². The van der Waals surface area contributed by atoms with Gasteiger partial charge in [0.2, 0.25) is 5.75 Å². The Bertz CT molecular complexity index is 1230. The summed E-state index contributed by atoms with van der Waals surface area (Å²) < 4.78 is 70.4. The van der Waals surface area contributed by atoms with Gasteiger partial charge in [0.15, 0.2) is 23.1 Å². The summed E-state index contributed by atoms with van der Waals surface area (Å²) in [7, 11) is 0.384. The standard InChI is InChI=1S/C23H21F2NO5S/c1-29-21-12-15(13-22(30-2)23(21)31-3)8-9-16-6-4-5-7-20(16)26-32(27,28)17-10-11-18(24)19(25)14-17/h4-14,26H,1-3H3/b9-8-. The molecule has 0 unspecified atom stereocenters. The Morgan fingerprint density at radius 1 is 0.812 bits per heavy atom. The number of anilines is 1. The third-order valence-electron chi connectivity index (χ3n) is 4.55. The predicted octanol–water partition coefficient (Wildman–Crippen LogP) is 4.96. The molecule has 1 N–H and O–H groups in total. The molecular weight excluding hydrogens is 440 g/mol. The third kappa shape index (κ3) is 5.00. The van der Waals surface area contributed by atoms with Crippen molar-refractivity contribution in [3.05, 3.63) is 77.4 Å². The van der Waals surface area contributed by atoms with Crippen molar-refractivity contribution in [3.8, 4) is 17.2 Å². The quantitative estimate of drug-likeness (QED) is 0.480. The van der Waals surface area contributed by atoms with Crippen LogP contribution in [-0.4, -0.2) is 29.7 Å². The molecule has 3 aromatic rings. The lowest BCUT2D eigenvalue weighted by atomic mass is 10.1. The highest BCUT2D eigenvalue weighted by atomic mass is 32.2. The fraction of sp³-hybridized carbons (Fsp3) is 0.130. The molecule has 3 aromatic carbocycles. The van der Waals surface area contributed by atoms with E-state index in [9.17, 15) is 17.2 Å². The molecule has 3 rings (SSSR count). The second kappa shape index (κ2) is 9.69. The topological polar surface area (TPSA) is 73.9 Å². The van der Waals surface area contributed by atoms with Crippen LogP contribution in [0.15, 0.2) is 59.5 Å². The molecule has 168 valence electrons. The van der Waals surface area contributed by atoms with Crippen LogP contribution in [-0.2, 0) is 10.0 Å². The highest BCUT2D eigenvalue weighted by molar-refractivity contribution is 7.92. The van der Waals surface area contributed by atoms with E-state index in [4.69, 9.17) is 14.2 Å². The fourth-order valence-electron chi connectivity index (χ4n) is 2.97. The number of methoxy groups -OCH3 is 3. The Balaban J connectivity index is 1.94. The Kier molecular flexibility index (Phi) is 6.99. The molecule has 0 aliphatic rings. The number of hydrogen-bond donors (Lipinski definition) is 1. The SMILES string of the molecule is COc1cc(/C=C\c2ccccc2NS(=O)(=O)c2ccc(F)c(F)c2)cc(OC)c1OC. The number of nitrogens with one attached hydrogen (secondary N) is 1. The lowest BCUT2D eigenvalue weighted by molar-refractivity contribution is 0.324. The van der Waals surface area contributed by atoms with Crippen LogP contribution in [0.25, 0.3) is 12.2 Å². The minimum absolute atomic E-state index is 0.265. The summed E-state index contributed by atoms with van der Waals surface area (Å²) in [6, 6.07) is 12.5. The minimum Gasteiger partial charge on any atom is -0.493 e. The molecule has 0 radical (unpaired) electrons. The monoisotopic (exact) mass is 461 g/mol. The van der Waals surface area contributed by atoms with Gasteiger partial charge in [0, 0.05) is 0 Å². The van der Waals surface area contributed by atoms with Gasteiger partial charge in [-0.3, -0.25) is 4.72 Å². The molecule has 0 saturated carbocycles. The van der Waals surface area contributed by atoms with Crippen LogP contribution in [0.1, 0.15) is 11.1 Å². The lowest BCUT2D eigenvalue weighted by Gasteiger charge is -2.13. The van der Waals surface area contributed by atoms with Crippen LogP contribution < -0.4 is 18.9 Å². The number of rotatable bonds is 8. The van der Waals surface area contributed by atoms with Gasteiger partial charge in [-0.1, -0.05) is 30.4 Å². The maximum atomic E-state index is 13.5. The van der Waals surface area contributed by atoms with Crippen molar-refractivity contribution in [3.63, 3.8) is 0 Å². The fourth-order valence-corrected chi connectivity index (χ4v) is 4.07. The number of hydrogen-bond acceptors (Lipinski definition) is 5. The zero-order valence-electron chi connectivity index (χ0n) is 17.6. The minimum atomic E-state index is -4.14. The van der Waals surface area contributed by atoms with Gasteiger partial charge in [0.25, 0.3) is 10.0 Å². The van der Waals surface area contributed by atoms with Gasteiger partial charge in [-0.25, -0.2) is 17.2 Å². The molecule has 0 fully saturated rings. The van der Waals surface area contributed by atoms with Crippen LogP contribution in [0.4, 0.5) is 14.5 Å². The zero-order valence-corrected chi connectivity index (χ0v) is 18.4. The number of para-hydroxylation sites is 1. The Morgan fingerprint density at radius 3 is 2.06 bits per heavy atom. The summed E-state index contributed by atoms with van der Waals surface area (Å²) in [6.45, 7) is 0. The largest absolute Gasteiger partial charge is 0.493 e. The first-order chi connectivity index (χ1) is 15.3. The Labute approximate surface area is 185 Å². The summed E-state index contributed by atoms with van der Waals surface area (Å²) in [5, 5.41) is 0. The van der Waals surface area contributed by atoms with Gasteiger partial charge in [0.05, 0.1) is 31.9 Å². The molecular formula is C23H21F2NO5S. The maximum absolute atomic E-state index is 13.5. The normalized spacial score (nSPS) is 11.4. The number of ether oxygens (including phenoxy) is 3. The Hall–Kier alpha value is -3.59. The predicted molar refractivity (Wildman–Crippen MR) is 119 cm³/mol. The second-order valence-corrected chi connectivity index (χ2v) is 8.24. The maximum Gasteiger partial charge on any atom is 0.262 e. The van der Waals surface area contributed by atoms with Crippen molar-refractivity contribution >= 4 is 27.9 Å². The van der Waals surface area contributed by atoms with Gasteiger partial charge >= 0.3 is 0 Å². The molecule has 0 spiro atoms. The molecule has 6 nitrogen and oxygen atoms in total. The summed E-state index contributed by atoms with van der Waals surface area (Å²) in [4.78, 5) is -0.389. The van der Waals surface area contributed by atoms with Gasteiger partial charge in [-0.2, -0.15) is 0 Å². The second-order valence-electron chi connectivity index (χ2n) is 6.56. The summed E-state index contributed by atoms with van der Waals surface area (Å²) in [6.07, 6.45) is 3.44. The van der Waals surface area contributed by atoms with E-state index in [1.807, 2.05) is 0 Å². The van der Waals surface area contributed by atoms with E-state index in [-0.39, 0.29) is 10.6 Å². The molecule has 0 bridgehead atoms. The summed E-state index contributed by atoms with van der Waals surface area (Å²) in [5.74, 6) is -0.981. The van der Waals surface area contributed by atoms with E-state index < -0.39 is 21.7 Å². The third-order valence-corrected chi connectivity index (χ3v) is 5.91. The Morgan fingerprint density at radius 2 is 1.47 bits per heavy atom. The van der Waals surface area contributed by atoms with E-state index in [1.165, 1.54) is 21.3 Å². The van der Waals surface area contributed by atoms with Crippen LogP contribution in [0.5, 0.6) is 17.2 Å². The van der Waals surface area contributed by atoms with Crippen LogP contribution in [0, 0.1) is 11.6 Å². The molecule has 0 amide bonds. The van der Waals surface area contributed by atoms with Crippen molar-refractivity contribution in [2.75, 3.05) is 26.1 Å². The number of halogens is 2. The average Bonchev–Trinajstić information content (AvgIpc) is 2.79. The number of benzene rings is 3. The molecule has 32 heavy (non-hydrogen) atoms. The highest BCUT2D eigenvalue weighted by Crippen LogP contribution is 2.38. The van der Waals surface area contributed by atoms with E-state index in [0.29, 0.717) is 28.9 Å². The van der Waals surface area contributed by atoms with Gasteiger partial charge < -0.3 is 14.2 Å². The van der Waals surface area contributed by atoms with Crippen LogP contribution in [0.2, 0.25) is 0 Å². The molecule has 0 heterocycles. The zero-order chi connectivity index (χ0) is 23.3. The lowest BCUT2D eigenvalue weighted by Crippen LogP contribution is -2.14. The van der Waals surface area contributed by atoms with Crippen molar-refractivity contribution in [1.29, 1.82) is 0 Å². The van der Waals surface area contributed by atoms with Crippen LogP contribution >= 0.6 is 0 Å². The van der Waals surface area contributed by atoms with Crippen LogP contribution in [0.3, 0.4) is 0 Å². The number of sulfonamides is 1. The average molecular weight is 461 g/mol. The smallest absolute Gasteiger partial charge is 0.262 e. The summed E-state index contributed by atoms with van der Waals surface area (Å²) >= 11 is 0. The first-order valence-electron chi connectivity index (χ1n) is 9.34. The van der Waals surface area contributed by atoms with Crippen molar-refractivity contribution < 1.29 is 31.4 Å². The first-order valence-corrected chi connectivity index (χ1v) is 10.8. The van der Waals surface area contributed by atoms with E-state index in [1.54, 1.807) is 48.6 Å². The molecule has 0 atom stereocenters. The summed E-state index contributed by atoms with van der Waals surface area (Å²) in [5.41, 5.74) is 1.53. The van der Waals surface area contributed by atoms with E-state index >= 15 is 0 Å². The van der Waals surface area contributed by atoms with Crippen molar-refractivity contribution in [2.24, 2.45) is 0 Å². The molecule has 0 aromatic heterocycles. The van der Waals surface area contributed by atoms with Gasteiger partial charge in [0.1, 0.15) is 0 Å². The highest BCUT2D eigenvalue weighted by Gasteiger charge is 2.18. The molecule has 0 aliphatic heterocycles.